The number of hydrogen-bond donors (Lipinski definition) is 2. The highest BCUT2D eigenvalue weighted by Gasteiger charge is 2.20. The summed E-state index contributed by atoms with van der Waals surface area (Å²) in [6.45, 7) is 1.52. The molecule has 0 saturated carbocycles. The number of amides is 1. The molecule has 1 unspecified atom stereocenters. The van der Waals surface area contributed by atoms with Crippen molar-refractivity contribution in [2.75, 3.05) is 27.0 Å². The molecule has 6 heteroatoms. The van der Waals surface area contributed by atoms with Crippen LogP contribution in [0.5, 0.6) is 11.5 Å². The van der Waals surface area contributed by atoms with Crippen molar-refractivity contribution in [2.24, 2.45) is 0 Å². The summed E-state index contributed by atoms with van der Waals surface area (Å²) in [5.74, 6) is 1.63. The monoisotopic (exact) mass is 310 g/mol. The fourth-order valence-corrected chi connectivity index (χ4v) is 3.06. The molecule has 21 heavy (non-hydrogen) atoms. The first-order valence-electron chi connectivity index (χ1n) is 6.97. The molecule has 1 amide bonds. The number of hydrogen-bond acceptors (Lipinski definition) is 5. The lowest BCUT2D eigenvalue weighted by molar-refractivity contribution is -0.119. The third kappa shape index (κ3) is 4.04. The second-order valence-electron chi connectivity index (χ2n) is 4.95. The first kappa shape index (κ1) is 16.0. The molecule has 1 aromatic rings. The molecule has 2 rings (SSSR count). The summed E-state index contributed by atoms with van der Waals surface area (Å²) in [7, 11) is 3.28. The minimum atomic E-state index is 0.151. The Labute approximate surface area is 129 Å². The second-order valence-corrected chi connectivity index (χ2v) is 5.80. The molecule has 5 nitrogen and oxygen atoms in total. The average molecular weight is 310 g/mol. The summed E-state index contributed by atoms with van der Waals surface area (Å²) in [5, 5.41) is 6.36. The van der Waals surface area contributed by atoms with Crippen molar-refractivity contribution in [2.45, 2.75) is 30.3 Å². The Bertz CT molecular complexity index is 508. The lowest BCUT2D eigenvalue weighted by atomic mass is 10.2. The molecule has 2 N–H and O–H groups in total. The maximum absolute atomic E-state index is 11.2. The van der Waals surface area contributed by atoms with Gasteiger partial charge in [0.15, 0.2) is 11.5 Å². The van der Waals surface area contributed by atoms with E-state index < -0.39 is 0 Å². The summed E-state index contributed by atoms with van der Waals surface area (Å²) in [6, 6.07) is 4.25. The van der Waals surface area contributed by atoms with Crippen LogP contribution in [0, 0.1) is 0 Å². The normalized spacial score (nSPS) is 17.7. The fraction of sp³-hybridized carbons (Fsp3) is 0.533. The highest BCUT2D eigenvalue weighted by atomic mass is 32.2. The number of carbonyl (C=O) groups is 1. The average Bonchev–Trinajstić information content (AvgIpc) is 2.92. The van der Waals surface area contributed by atoms with Gasteiger partial charge in [-0.3, -0.25) is 4.79 Å². The van der Waals surface area contributed by atoms with E-state index in [0.29, 0.717) is 6.42 Å². The summed E-state index contributed by atoms with van der Waals surface area (Å²) >= 11 is 1.68. The van der Waals surface area contributed by atoms with Crippen molar-refractivity contribution in [3.05, 3.63) is 17.7 Å². The number of thioether (sulfide) groups is 1. The zero-order chi connectivity index (χ0) is 15.2. The Hall–Kier alpha value is -1.40. The Morgan fingerprint density at radius 3 is 2.62 bits per heavy atom. The molecule has 0 spiro atoms. The SMILES string of the molecule is COc1cc(CNCC2CCC(=O)N2)c(SC)cc1OC. The van der Waals surface area contributed by atoms with Gasteiger partial charge in [0, 0.05) is 30.4 Å². The van der Waals surface area contributed by atoms with E-state index in [1.54, 1.807) is 26.0 Å². The van der Waals surface area contributed by atoms with Crippen LogP contribution < -0.4 is 20.1 Å². The molecule has 1 heterocycles. The van der Waals surface area contributed by atoms with E-state index in [-0.39, 0.29) is 11.9 Å². The van der Waals surface area contributed by atoms with Gasteiger partial charge in [0.25, 0.3) is 0 Å². The quantitative estimate of drug-likeness (QED) is 0.752. The van der Waals surface area contributed by atoms with Crippen molar-refractivity contribution in [1.82, 2.24) is 10.6 Å². The van der Waals surface area contributed by atoms with Crippen LogP contribution >= 0.6 is 11.8 Å². The molecule has 1 aliphatic heterocycles. The van der Waals surface area contributed by atoms with E-state index in [0.717, 1.165) is 35.9 Å². The summed E-state index contributed by atoms with van der Waals surface area (Å²) < 4.78 is 10.7. The molecule has 1 fully saturated rings. The number of carbonyl (C=O) groups excluding carboxylic acids is 1. The second kappa shape index (κ2) is 7.56. The molecular formula is C15H22N2O3S. The van der Waals surface area contributed by atoms with Crippen LogP contribution in [-0.2, 0) is 11.3 Å². The third-order valence-corrected chi connectivity index (χ3v) is 4.40. The number of nitrogens with one attached hydrogen (secondary N) is 2. The molecule has 1 aromatic carbocycles. The van der Waals surface area contributed by atoms with E-state index in [1.165, 1.54) is 5.56 Å². The van der Waals surface area contributed by atoms with E-state index in [2.05, 4.69) is 10.6 Å². The van der Waals surface area contributed by atoms with E-state index in [9.17, 15) is 4.79 Å². The van der Waals surface area contributed by atoms with Crippen LogP contribution in [0.2, 0.25) is 0 Å². The first-order chi connectivity index (χ1) is 10.2. The van der Waals surface area contributed by atoms with Gasteiger partial charge in [-0.1, -0.05) is 0 Å². The van der Waals surface area contributed by atoms with Gasteiger partial charge in [-0.25, -0.2) is 0 Å². The van der Waals surface area contributed by atoms with E-state index in [4.69, 9.17) is 9.47 Å². The van der Waals surface area contributed by atoms with Crippen LogP contribution in [0.25, 0.3) is 0 Å². The number of benzene rings is 1. The maximum Gasteiger partial charge on any atom is 0.220 e. The number of rotatable bonds is 7. The first-order valence-corrected chi connectivity index (χ1v) is 8.19. The summed E-state index contributed by atoms with van der Waals surface area (Å²) in [5.41, 5.74) is 1.17. The van der Waals surface area contributed by atoms with Gasteiger partial charge < -0.3 is 20.1 Å². The Morgan fingerprint density at radius 1 is 1.33 bits per heavy atom. The Balaban J connectivity index is 1.99. The summed E-state index contributed by atoms with van der Waals surface area (Å²) in [4.78, 5) is 12.3. The Morgan fingerprint density at radius 2 is 2.05 bits per heavy atom. The van der Waals surface area contributed by atoms with Gasteiger partial charge in [-0.15, -0.1) is 11.8 Å². The molecule has 0 bridgehead atoms. The third-order valence-electron chi connectivity index (χ3n) is 3.58. The van der Waals surface area contributed by atoms with E-state index >= 15 is 0 Å². The van der Waals surface area contributed by atoms with Crippen molar-refractivity contribution < 1.29 is 14.3 Å². The van der Waals surface area contributed by atoms with Gasteiger partial charge in [-0.2, -0.15) is 0 Å². The predicted octanol–water partition coefficient (Wildman–Crippen LogP) is 1.79. The fourth-order valence-electron chi connectivity index (χ4n) is 2.44. The number of ether oxygens (including phenoxy) is 2. The van der Waals surface area contributed by atoms with E-state index in [1.807, 2.05) is 18.4 Å². The van der Waals surface area contributed by atoms with Gasteiger partial charge in [0.05, 0.1) is 14.2 Å². The number of methoxy groups -OCH3 is 2. The minimum Gasteiger partial charge on any atom is -0.493 e. The zero-order valence-electron chi connectivity index (χ0n) is 12.7. The molecule has 116 valence electrons. The van der Waals surface area contributed by atoms with Crippen molar-refractivity contribution in [3.8, 4) is 11.5 Å². The standard InChI is InChI=1S/C15H22N2O3S/c1-19-12-6-10(14(21-3)7-13(12)20-2)8-16-9-11-4-5-15(18)17-11/h6-7,11,16H,4-5,8-9H2,1-3H3,(H,17,18). The van der Waals surface area contributed by atoms with Gasteiger partial charge in [-0.05, 0) is 30.4 Å². The van der Waals surface area contributed by atoms with Crippen LogP contribution in [0.3, 0.4) is 0 Å². The van der Waals surface area contributed by atoms with Gasteiger partial charge in [0.1, 0.15) is 0 Å². The zero-order valence-corrected chi connectivity index (χ0v) is 13.5. The molecule has 1 aliphatic rings. The highest BCUT2D eigenvalue weighted by molar-refractivity contribution is 7.98. The molecular weight excluding hydrogens is 288 g/mol. The van der Waals surface area contributed by atoms with Crippen LogP contribution in [0.15, 0.2) is 17.0 Å². The van der Waals surface area contributed by atoms with Crippen molar-refractivity contribution >= 4 is 17.7 Å². The molecule has 0 aromatic heterocycles. The molecule has 1 atom stereocenters. The van der Waals surface area contributed by atoms with Gasteiger partial charge in [0.2, 0.25) is 5.91 Å². The maximum atomic E-state index is 11.2. The predicted molar refractivity (Wildman–Crippen MR) is 84.2 cm³/mol. The highest BCUT2D eigenvalue weighted by Crippen LogP contribution is 2.34. The topological polar surface area (TPSA) is 59.6 Å². The van der Waals surface area contributed by atoms with Gasteiger partial charge >= 0.3 is 0 Å². The van der Waals surface area contributed by atoms with Crippen LogP contribution in [-0.4, -0.2) is 39.0 Å². The molecule has 1 saturated heterocycles. The lowest BCUT2D eigenvalue weighted by Crippen LogP contribution is -2.35. The smallest absolute Gasteiger partial charge is 0.220 e. The minimum absolute atomic E-state index is 0.151. The Kier molecular flexibility index (Phi) is 5.76. The van der Waals surface area contributed by atoms with Crippen LogP contribution in [0.4, 0.5) is 0 Å². The largest absolute Gasteiger partial charge is 0.493 e. The lowest BCUT2D eigenvalue weighted by Gasteiger charge is -2.15. The van der Waals surface area contributed by atoms with Crippen molar-refractivity contribution in [1.29, 1.82) is 0 Å². The summed E-state index contributed by atoms with van der Waals surface area (Å²) in [6.07, 6.45) is 3.59. The molecule has 0 radical (unpaired) electrons. The van der Waals surface area contributed by atoms with Crippen LogP contribution in [0.1, 0.15) is 18.4 Å². The molecule has 0 aliphatic carbocycles. The van der Waals surface area contributed by atoms with Crippen molar-refractivity contribution in [3.63, 3.8) is 0 Å².